The van der Waals surface area contributed by atoms with Gasteiger partial charge in [0.1, 0.15) is 0 Å². The van der Waals surface area contributed by atoms with Crippen LogP contribution in [0, 0.1) is 23.7 Å². The molecular formula is C15H23N. The molecule has 2 rings (SSSR count). The molecule has 3 unspecified atom stereocenters. The van der Waals surface area contributed by atoms with E-state index in [9.17, 15) is 0 Å². The van der Waals surface area contributed by atoms with Gasteiger partial charge in [-0.2, -0.15) is 0 Å². The van der Waals surface area contributed by atoms with Crippen molar-refractivity contribution in [2.24, 2.45) is 28.7 Å². The Balaban J connectivity index is 2.17. The van der Waals surface area contributed by atoms with Crippen LogP contribution in [-0.2, 0) is 0 Å². The van der Waals surface area contributed by atoms with Crippen molar-refractivity contribution >= 4 is 6.72 Å². The van der Waals surface area contributed by atoms with Gasteiger partial charge >= 0.3 is 0 Å². The molecule has 0 N–H and O–H groups in total. The molecule has 0 heterocycles. The van der Waals surface area contributed by atoms with E-state index in [1.54, 1.807) is 0 Å². The lowest BCUT2D eigenvalue weighted by atomic mass is 9.63. The molecule has 3 atom stereocenters. The van der Waals surface area contributed by atoms with Crippen molar-refractivity contribution in [2.75, 3.05) is 0 Å². The molecule has 1 fully saturated rings. The lowest BCUT2D eigenvalue weighted by Crippen LogP contribution is -2.33. The highest BCUT2D eigenvalue weighted by molar-refractivity contribution is 5.37. The largest absolute Gasteiger partial charge is 0.265 e. The second-order valence-electron chi connectivity index (χ2n) is 5.68. The number of hydrogen-bond donors (Lipinski definition) is 0. The van der Waals surface area contributed by atoms with Gasteiger partial charge in [-0.25, -0.2) is 0 Å². The van der Waals surface area contributed by atoms with Crippen LogP contribution >= 0.6 is 0 Å². The van der Waals surface area contributed by atoms with Gasteiger partial charge < -0.3 is 0 Å². The van der Waals surface area contributed by atoms with E-state index in [-0.39, 0.29) is 0 Å². The maximum atomic E-state index is 4.01. The Kier molecular flexibility index (Phi) is 3.32. The quantitative estimate of drug-likeness (QED) is 0.628. The van der Waals surface area contributed by atoms with Gasteiger partial charge in [-0.15, -0.1) is 0 Å². The zero-order valence-electron chi connectivity index (χ0n) is 10.6. The molecule has 0 aliphatic heterocycles. The first-order chi connectivity index (χ1) is 7.63. The third kappa shape index (κ3) is 2.00. The highest BCUT2D eigenvalue weighted by Gasteiger charge is 2.39. The molecule has 0 radical (unpaired) electrons. The fourth-order valence-corrected chi connectivity index (χ4v) is 3.30. The predicted molar refractivity (Wildman–Crippen MR) is 70.5 cm³/mol. The molecule has 2 aliphatic rings. The van der Waals surface area contributed by atoms with Crippen LogP contribution in [0.4, 0.5) is 0 Å². The van der Waals surface area contributed by atoms with Crippen molar-refractivity contribution in [3.8, 4) is 0 Å². The number of hydrogen-bond acceptors (Lipinski definition) is 1. The summed E-state index contributed by atoms with van der Waals surface area (Å²) < 4.78 is 0. The minimum Gasteiger partial charge on any atom is -0.265 e. The van der Waals surface area contributed by atoms with E-state index in [0.717, 1.165) is 35.8 Å². The molecule has 2 aliphatic carbocycles. The maximum Gasteiger partial charge on any atom is 0.0579 e. The van der Waals surface area contributed by atoms with Crippen molar-refractivity contribution in [3.63, 3.8) is 0 Å². The Morgan fingerprint density at radius 3 is 2.69 bits per heavy atom. The van der Waals surface area contributed by atoms with Crippen molar-refractivity contribution < 1.29 is 0 Å². The molecule has 0 aromatic carbocycles. The minimum atomic E-state index is 0.770. The highest BCUT2D eigenvalue weighted by Crippen LogP contribution is 2.49. The average Bonchev–Trinajstić information content (AvgIpc) is 2.34. The van der Waals surface area contributed by atoms with E-state index in [2.05, 4.69) is 38.2 Å². The molecule has 88 valence electrons. The van der Waals surface area contributed by atoms with E-state index in [1.807, 2.05) is 0 Å². The summed E-state index contributed by atoms with van der Waals surface area (Å²) in [5.41, 5.74) is 2.25. The van der Waals surface area contributed by atoms with Crippen LogP contribution < -0.4 is 0 Å². The fraction of sp³-hybridized carbons (Fsp3) is 0.667. The van der Waals surface area contributed by atoms with Gasteiger partial charge in [-0.3, -0.25) is 4.99 Å². The minimum absolute atomic E-state index is 0.770. The number of fused-ring (bicyclic) bond motifs is 1. The van der Waals surface area contributed by atoms with Crippen LogP contribution in [0.1, 0.15) is 39.5 Å². The van der Waals surface area contributed by atoms with Crippen molar-refractivity contribution in [1.29, 1.82) is 0 Å². The first-order valence-corrected chi connectivity index (χ1v) is 6.48. The van der Waals surface area contributed by atoms with Crippen molar-refractivity contribution in [2.45, 2.75) is 39.5 Å². The summed E-state index contributed by atoms with van der Waals surface area (Å²) in [4.78, 5) is 4.01. The number of allylic oxidation sites excluding steroid dienone is 2. The monoisotopic (exact) mass is 217 g/mol. The van der Waals surface area contributed by atoms with Crippen molar-refractivity contribution in [1.82, 2.24) is 0 Å². The predicted octanol–water partition coefficient (Wildman–Crippen LogP) is 4.22. The zero-order chi connectivity index (χ0) is 11.7. The Labute approximate surface area is 99.4 Å². The molecule has 0 spiro atoms. The highest BCUT2D eigenvalue weighted by atomic mass is 14.7. The summed E-state index contributed by atoms with van der Waals surface area (Å²) >= 11 is 0. The smallest absolute Gasteiger partial charge is 0.0579 e. The zero-order valence-corrected chi connectivity index (χ0v) is 10.6. The van der Waals surface area contributed by atoms with E-state index in [4.69, 9.17) is 0 Å². The van der Waals surface area contributed by atoms with Gasteiger partial charge in [0, 0.05) is 0 Å². The van der Waals surface area contributed by atoms with E-state index < -0.39 is 0 Å². The number of nitrogens with zero attached hydrogens (tertiary/aromatic N) is 1. The van der Waals surface area contributed by atoms with Crippen LogP contribution in [0.3, 0.4) is 0 Å². The Morgan fingerprint density at radius 2 is 2.19 bits per heavy atom. The van der Waals surface area contributed by atoms with Gasteiger partial charge in [0.25, 0.3) is 0 Å². The molecule has 1 nitrogen and oxygen atoms in total. The van der Waals surface area contributed by atoms with Gasteiger partial charge in [0.2, 0.25) is 0 Å². The van der Waals surface area contributed by atoms with Gasteiger partial charge in [0.05, 0.1) is 5.70 Å². The van der Waals surface area contributed by atoms with Crippen LogP contribution in [0.2, 0.25) is 0 Å². The first-order valence-electron chi connectivity index (χ1n) is 6.48. The molecule has 0 amide bonds. The van der Waals surface area contributed by atoms with E-state index in [1.165, 1.54) is 24.8 Å². The van der Waals surface area contributed by atoms with Gasteiger partial charge in [-0.05, 0) is 61.6 Å². The average molecular weight is 217 g/mol. The molecule has 0 bridgehead atoms. The molecular weight excluding hydrogens is 194 g/mol. The third-order valence-electron chi connectivity index (χ3n) is 4.57. The van der Waals surface area contributed by atoms with Crippen molar-refractivity contribution in [3.05, 3.63) is 23.9 Å². The lowest BCUT2D eigenvalue weighted by Gasteiger charge is -2.42. The lowest BCUT2D eigenvalue weighted by molar-refractivity contribution is 0.0829. The third-order valence-corrected chi connectivity index (χ3v) is 4.57. The maximum absolute atomic E-state index is 4.01. The Bertz CT molecular complexity index is 324. The first kappa shape index (κ1) is 11.6. The molecule has 1 saturated carbocycles. The van der Waals surface area contributed by atoms with Gasteiger partial charge in [0.15, 0.2) is 0 Å². The number of aliphatic imine (C=N–C) groups is 1. The second kappa shape index (κ2) is 4.57. The summed E-state index contributed by atoms with van der Waals surface area (Å²) in [7, 11) is 0. The summed E-state index contributed by atoms with van der Waals surface area (Å²) in [5, 5.41) is 0. The van der Waals surface area contributed by atoms with Crippen LogP contribution in [0.5, 0.6) is 0 Å². The van der Waals surface area contributed by atoms with Crippen LogP contribution in [-0.4, -0.2) is 6.72 Å². The second-order valence-corrected chi connectivity index (χ2v) is 5.68. The standard InChI is InChI=1S/C15H23N/c1-10(2)15-9-13(11(3)16-4)6-5-12-7-8-14(12)15/h6,10,12,14-15H,3-5,7-9H2,1-2H3. The van der Waals surface area contributed by atoms with Crippen LogP contribution in [0.25, 0.3) is 0 Å². The Morgan fingerprint density at radius 1 is 1.44 bits per heavy atom. The fourth-order valence-electron chi connectivity index (χ4n) is 3.30. The summed E-state index contributed by atoms with van der Waals surface area (Å²) in [6.45, 7) is 12.3. The van der Waals surface area contributed by atoms with E-state index in [0.29, 0.717) is 0 Å². The molecule has 0 aromatic heterocycles. The van der Waals surface area contributed by atoms with E-state index >= 15 is 0 Å². The Hall–Kier alpha value is -0.850. The molecule has 1 heteroatoms. The molecule has 0 aromatic rings. The van der Waals surface area contributed by atoms with Crippen LogP contribution in [0.15, 0.2) is 28.9 Å². The van der Waals surface area contributed by atoms with Gasteiger partial charge in [-0.1, -0.05) is 26.5 Å². The number of rotatable bonds is 3. The summed E-state index contributed by atoms with van der Waals surface area (Å²) in [6.07, 6.45) is 7.62. The topological polar surface area (TPSA) is 12.4 Å². The molecule has 0 saturated heterocycles. The summed E-state index contributed by atoms with van der Waals surface area (Å²) in [5.74, 6) is 3.48. The normalized spacial score (nSPS) is 33.4. The SMILES string of the molecule is C=NC(=C)C1=CCC2CCC2C(C(C)C)C1. The summed E-state index contributed by atoms with van der Waals surface area (Å²) in [6, 6.07) is 0. The molecule has 16 heavy (non-hydrogen) atoms.